The summed E-state index contributed by atoms with van der Waals surface area (Å²) in [6.07, 6.45) is 1.03. The number of aliphatic hydroxyl groups excluding tert-OH is 1. The van der Waals surface area contributed by atoms with Crippen LogP contribution in [0, 0.1) is 11.6 Å². The fourth-order valence-electron chi connectivity index (χ4n) is 5.32. The molecule has 1 amide bonds. The molecule has 0 saturated heterocycles. The van der Waals surface area contributed by atoms with E-state index in [0.29, 0.717) is 12.8 Å². The van der Waals surface area contributed by atoms with Gasteiger partial charge in [-0.3, -0.25) is 4.79 Å². The van der Waals surface area contributed by atoms with Gasteiger partial charge < -0.3 is 20.5 Å². The number of sulfone groups is 1. The third-order valence-corrected chi connectivity index (χ3v) is 9.17. The van der Waals surface area contributed by atoms with E-state index in [1.54, 1.807) is 7.11 Å². The summed E-state index contributed by atoms with van der Waals surface area (Å²) < 4.78 is 58.2. The maximum atomic E-state index is 13.9. The van der Waals surface area contributed by atoms with E-state index >= 15 is 0 Å². The maximum Gasteiger partial charge on any atom is 0.220 e. The fraction of sp³-hybridized carbons (Fsp3) is 0.406. The summed E-state index contributed by atoms with van der Waals surface area (Å²) in [5.41, 5.74) is 4.01. The van der Waals surface area contributed by atoms with Crippen LogP contribution in [0.15, 0.2) is 60.7 Å². The van der Waals surface area contributed by atoms with Crippen LogP contribution < -0.4 is 15.4 Å². The molecule has 3 aromatic carbocycles. The summed E-state index contributed by atoms with van der Waals surface area (Å²) in [5, 5.41) is 17.2. The van der Waals surface area contributed by atoms with Gasteiger partial charge in [-0.15, -0.1) is 0 Å². The SMILES string of the molecule is CCc1ccc2c(c1)[C@@H](NC[C@@H](O)[C@H](Cc1cc(F)cc(F)c1)NC(=O)CCCc1ccc(OC)cc1)CS(=O)(=O)C2. The van der Waals surface area contributed by atoms with E-state index in [9.17, 15) is 27.1 Å². The number of carbonyl (C=O) groups excluding carboxylic acids is 1. The second-order valence-corrected chi connectivity index (χ2v) is 12.9. The van der Waals surface area contributed by atoms with Crippen LogP contribution in [0.3, 0.4) is 0 Å². The molecular formula is C32H38F2N2O5S. The smallest absolute Gasteiger partial charge is 0.220 e. The molecule has 1 aliphatic heterocycles. The Morgan fingerprint density at radius 2 is 1.71 bits per heavy atom. The van der Waals surface area contributed by atoms with Crippen LogP contribution in [0.25, 0.3) is 0 Å². The molecule has 1 heterocycles. The third-order valence-electron chi connectivity index (χ3n) is 7.58. The van der Waals surface area contributed by atoms with E-state index in [1.807, 2.05) is 49.4 Å². The number of amides is 1. The molecule has 0 radical (unpaired) electrons. The summed E-state index contributed by atoms with van der Waals surface area (Å²) in [6.45, 7) is 1.98. The summed E-state index contributed by atoms with van der Waals surface area (Å²) in [4.78, 5) is 12.9. The average molecular weight is 601 g/mol. The molecule has 0 spiro atoms. The van der Waals surface area contributed by atoms with E-state index in [1.165, 1.54) is 12.1 Å². The van der Waals surface area contributed by atoms with Crippen LogP contribution in [0.4, 0.5) is 8.78 Å². The first-order valence-corrected chi connectivity index (χ1v) is 16.0. The lowest BCUT2D eigenvalue weighted by Crippen LogP contribution is -2.50. The van der Waals surface area contributed by atoms with Crippen molar-refractivity contribution in [1.82, 2.24) is 10.6 Å². The topological polar surface area (TPSA) is 105 Å². The normalized spacial score (nSPS) is 17.2. The van der Waals surface area contributed by atoms with E-state index in [-0.39, 0.29) is 42.4 Å². The zero-order chi connectivity index (χ0) is 30.3. The second kappa shape index (κ2) is 14.2. The van der Waals surface area contributed by atoms with Crippen molar-refractivity contribution in [1.29, 1.82) is 0 Å². The predicted octanol–water partition coefficient (Wildman–Crippen LogP) is 4.21. The summed E-state index contributed by atoms with van der Waals surface area (Å²) in [6, 6.07) is 15.0. The Labute approximate surface area is 246 Å². The monoisotopic (exact) mass is 600 g/mol. The van der Waals surface area contributed by atoms with Gasteiger partial charge in [-0.1, -0.05) is 37.3 Å². The molecule has 3 N–H and O–H groups in total. The number of benzene rings is 3. The summed E-state index contributed by atoms with van der Waals surface area (Å²) in [7, 11) is -1.76. The minimum Gasteiger partial charge on any atom is -0.497 e. The van der Waals surface area contributed by atoms with Gasteiger partial charge in [0.05, 0.1) is 30.8 Å². The molecule has 1 aliphatic rings. The maximum absolute atomic E-state index is 13.9. The number of ether oxygens (including phenoxy) is 1. The third kappa shape index (κ3) is 8.83. The molecule has 0 unspecified atom stereocenters. The number of hydrogen-bond donors (Lipinski definition) is 3. The number of rotatable bonds is 13. The number of hydrogen-bond acceptors (Lipinski definition) is 6. The summed E-state index contributed by atoms with van der Waals surface area (Å²) in [5.74, 6) is -1.21. The highest BCUT2D eigenvalue weighted by molar-refractivity contribution is 7.90. The minimum absolute atomic E-state index is 0.0126. The Kier molecular flexibility index (Phi) is 10.7. The van der Waals surface area contributed by atoms with E-state index in [0.717, 1.165) is 40.5 Å². The number of aliphatic hydroxyl groups is 1. The zero-order valence-electron chi connectivity index (χ0n) is 23.9. The van der Waals surface area contributed by atoms with Crippen molar-refractivity contribution in [2.24, 2.45) is 0 Å². The Morgan fingerprint density at radius 1 is 1.02 bits per heavy atom. The highest BCUT2D eigenvalue weighted by atomic mass is 32.2. The molecule has 0 aromatic heterocycles. The lowest BCUT2D eigenvalue weighted by molar-refractivity contribution is -0.122. The first kappa shape index (κ1) is 31.6. The molecule has 7 nitrogen and oxygen atoms in total. The molecule has 0 aliphatic carbocycles. The van der Waals surface area contributed by atoms with Gasteiger partial charge >= 0.3 is 0 Å². The average Bonchev–Trinajstić information content (AvgIpc) is 2.94. The van der Waals surface area contributed by atoms with E-state index in [4.69, 9.17) is 4.74 Å². The van der Waals surface area contributed by atoms with Gasteiger partial charge in [0.25, 0.3) is 0 Å². The minimum atomic E-state index is -3.35. The largest absolute Gasteiger partial charge is 0.497 e. The predicted molar refractivity (Wildman–Crippen MR) is 158 cm³/mol. The van der Waals surface area contributed by atoms with Crippen molar-refractivity contribution in [3.05, 3.63) is 100 Å². The van der Waals surface area contributed by atoms with Crippen LogP contribution in [0.5, 0.6) is 5.75 Å². The van der Waals surface area contributed by atoms with Crippen molar-refractivity contribution in [2.45, 2.75) is 63.0 Å². The van der Waals surface area contributed by atoms with Gasteiger partial charge in [-0.2, -0.15) is 0 Å². The Morgan fingerprint density at radius 3 is 2.38 bits per heavy atom. The molecule has 4 rings (SSSR count). The first-order chi connectivity index (χ1) is 20.0. The van der Waals surface area contributed by atoms with E-state index < -0.39 is 39.7 Å². The van der Waals surface area contributed by atoms with Crippen LogP contribution in [0.2, 0.25) is 0 Å². The first-order valence-electron chi connectivity index (χ1n) is 14.2. The van der Waals surface area contributed by atoms with Crippen molar-refractivity contribution >= 4 is 15.7 Å². The molecule has 0 saturated carbocycles. The second-order valence-electron chi connectivity index (χ2n) is 10.8. The number of methoxy groups -OCH3 is 1. The highest BCUT2D eigenvalue weighted by Crippen LogP contribution is 2.29. The molecule has 42 heavy (non-hydrogen) atoms. The molecule has 10 heteroatoms. The van der Waals surface area contributed by atoms with Gasteiger partial charge in [0.1, 0.15) is 17.4 Å². The molecule has 0 bridgehead atoms. The van der Waals surface area contributed by atoms with Crippen LogP contribution in [-0.2, 0) is 39.6 Å². The van der Waals surface area contributed by atoms with Gasteiger partial charge in [-0.05, 0) is 77.8 Å². The fourth-order valence-corrected chi connectivity index (χ4v) is 6.98. The standard InChI is InChI=1S/C32H38F2N2O5S/c1-3-21-7-10-24-19-42(39,40)20-30(28(24)15-21)35-18-31(37)29(16-23-13-25(33)17-26(34)14-23)36-32(38)6-4-5-22-8-11-27(41-2)12-9-22/h7-15,17,29-31,35,37H,3-6,16,18-20H2,1-2H3,(H,36,38)/t29-,30-,31+/m0/s1. The number of nitrogens with one attached hydrogen (secondary N) is 2. The van der Waals surface area contributed by atoms with E-state index in [2.05, 4.69) is 10.6 Å². The van der Waals surface area contributed by atoms with Crippen LogP contribution >= 0.6 is 0 Å². The highest BCUT2D eigenvalue weighted by Gasteiger charge is 2.31. The molecule has 226 valence electrons. The lowest BCUT2D eigenvalue weighted by atomic mass is 9.97. The van der Waals surface area contributed by atoms with Crippen molar-refractivity contribution < 1.29 is 31.8 Å². The van der Waals surface area contributed by atoms with Crippen molar-refractivity contribution in [3.8, 4) is 5.75 Å². The zero-order valence-corrected chi connectivity index (χ0v) is 24.7. The molecule has 0 fully saturated rings. The number of aryl methyl sites for hydroxylation is 2. The van der Waals surface area contributed by atoms with Crippen molar-refractivity contribution in [2.75, 3.05) is 19.4 Å². The van der Waals surface area contributed by atoms with Gasteiger partial charge in [0.15, 0.2) is 9.84 Å². The van der Waals surface area contributed by atoms with Gasteiger partial charge in [0.2, 0.25) is 5.91 Å². The quantitative estimate of drug-likeness (QED) is 0.272. The summed E-state index contributed by atoms with van der Waals surface area (Å²) >= 11 is 0. The molecule has 3 aromatic rings. The molecular weight excluding hydrogens is 562 g/mol. The molecule has 3 atom stereocenters. The number of carbonyl (C=O) groups is 1. The van der Waals surface area contributed by atoms with Crippen LogP contribution in [-0.4, -0.2) is 51.0 Å². The van der Waals surface area contributed by atoms with Gasteiger partial charge in [0, 0.05) is 25.1 Å². The Bertz CT molecular complexity index is 1460. The Hall–Kier alpha value is -3.34. The number of fused-ring (bicyclic) bond motifs is 1. The van der Waals surface area contributed by atoms with Crippen LogP contribution in [0.1, 0.15) is 53.6 Å². The Balaban J connectivity index is 1.44. The van der Waals surface area contributed by atoms with Crippen molar-refractivity contribution in [3.63, 3.8) is 0 Å². The lowest BCUT2D eigenvalue weighted by Gasteiger charge is -2.30. The van der Waals surface area contributed by atoms with Gasteiger partial charge in [-0.25, -0.2) is 17.2 Å². The number of halogens is 2.